The van der Waals surface area contributed by atoms with Crippen molar-refractivity contribution in [2.45, 2.75) is 31.4 Å². The number of likely N-dealkylation sites (tertiary alicyclic amines) is 1. The quantitative estimate of drug-likeness (QED) is 0.702. The molecule has 7 heteroatoms. The number of amides is 1. The Labute approximate surface area is 168 Å². The van der Waals surface area contributed by atoms with Crippen LogP contribution >= 0.6 is 0 Å². The number of carbonyl (C=O) groups is 2. The lowest BCUT2D eigenvalue weighted by atomic mass is 10.1. The van der Waals surface area contributed by atoms with Crippen molar-refractivity contribution >= 4 is 11.9 Å². The molecule has 3 rings (SSSR count). The number of hydrogen-bond donors (Lipinski definition) is 0. The lowest BCUT2D eigenvalue weighted by Gasteiger charge is -2.22. The summed E-state index contributed by atoms with van der Waals surface area (Å²) in [7, 11) is 1.27. The highest BCUT2D eigenvalue weighted by Crippen LogP contribution is 2.26. The minimum absolute atomic E-state index is 0.0907. The molecule has 2 aromatic rings. The third kappa shape index (κ3) is 4.91. The van der Waals surface area contributed by atoms with E-state index in [1.54, 1.807) is 36.4 Å². The van der Waals surface area contributed by atoms with Crippen LogP contribution < -0.4 is 4.74 Å². The molecule has 150 valence electrons. The number of esters is 1. The zero-order valence-electron chi connectivity index (χ0n) is 16.0. The number of nitrogens with zero attached hydrogens (tertiary/aromatic N) is 2. The first-order valence-corrected chi connectivity index (χ1v) is 9.29. The number of benzene rings is 2. The van der Waals surface area contributed by atoms with E-state index in [1.165, 1.54) is 24.1 Å². The molecule has 2 atom stereocenters. The summed E-state index contributed by atoms with van der Waals surface area (Å²) in [4.78, 5) is 26.4. The van der Waals surface area contributed by atoms with Gasteiger partial charge in [0, 0.05) is 12.8 Å². The molecule has 29 heavy (non-hydrogen) atoms. The number of ether oxygens (including phenoxy) is 2. The molecule has 1 amide bonds. The van der Waals surface area contributed by atoms with Crippen LogP contribution in [0.5, 0.6) is 5.75 Å². The molecular formula is C22H21FN2O4. The van der Waals surface area contributed by atoms with Crippen molar-refractivity contribution in [3.05, 3.63) is 65.5 Å². The van der Waals surface area contributed by atoms with Gasteiger partial charge in [-0.25, -0.2) is 9.18 Å². The van der Waals surface area contributed by atoms with Gasteiger partial charge in [-0.2, -0.15) is 5.26 Å². The number of rotatable bonds is 6. The molecule has 2 unspecified atom stereocenters. The molecule has 0 bridgehead atoms. The fourth-order valence-corrected chi connectivity index (χ4v) is 3.38. The van der Waals surface area contributed by atoms with Crippen LogP contribution in [0, 0.1) is 17.1 Å². The van der Waals surface area contributed by atoms with Crippen LogP contribution in [0.4, 0.5) is 4.39 Å². The van der Waals surface area contributed by atoms with Crippen LogP contribution in [0.1, 0.15) is 24.0 Å². The molecule has 1 heterocycles. The third-order valence-electron chi connectivity index (χ3n) is 4.90. The van der Waals surface area contributed by atoms with Crippen LogP contribution in [0.3, 0.4) is 0 Å². The standard InChI is InChI=1S/C22H21FN2O4/c1-28-22(27)19-12-17(29-20-5-3-2-4-18(20)23)14-25(19)21(26)11-10-15-6-8-16(13-24)9-7-15/h2-9,17,19H,10-12,14H2,1H3. The summed E-state index contributed by atoms with van der Waals surface area (Å²) in [5.41, 5.74) is 1.48. The number of halogens is 1. The van der Waals surface area contributed by atoms with E-state index in [0.717, 1.165) is 5.56 Å². The maximum absolute atomic E-state index is 13.9. The lowest BCUT2D eigenvalue weighted by Crippen LogP contribution is -2.41. The van der Waals surface area contributed by atoms with Crippen molar-refractivity contribution in [1.82, 2.24) is 4.90 Å². The number of carbonyl (C=O) groups excluding carboxylic acids is 2. The molecule has 0 aliphatic carbocycles. The summed E-state index contributed by atoms with van der Waals surface area (Å²) >= 11 is 0. The predicted molar refractivity (Wildman–Crippen MR) is 102 cm³/mol. The van der Waals surface area contributed by atoms with Crippen molar-refractivity contribution in [3.63, 3.8) is 0 Å². The second-order valence-corrected chi connectivity index (χ2v) is 6.80. The monoisotopic (exact) mass is 396 g/mol. The molecule has 1 saturated heterocycles. The molecule has 1 fully saturated rings. The number of para-hydroxylation sites is 1. The Balaban J connectivity index is 1.66. The average molecular weight is 396 g/mol. The third-order valence-corrected chi connectivity index (χ3v) is 4.90. The van der Waals surface area contributed by atoms with Gasteiger partial charge in [0.15, 0.2) is 11.6 Å². The van der Waals surface area contributed by atoms with E-state index in [4.69, 9.17) is 14.7 Å². The van der Waals surface area contributed by atoms with Gasteiger partial charge in [0.2, 0.25) is 5.91 Å². The fraction of sp³-hybridized carbons (Fsp3) is 0.318. The molecule has 1 aliphatic heterocycles. The summed E-state index contributed by atoms with van der Waals surface area (Å²) in [6.07, 6.45) is 0.415. The number of aryl methyl sites for hydroxylation is 1. The zero-order valence-corrected chi connectivity index (χ0v) is 16.0. The Bertz CT molecular complexity index is 923. The van der Waals surface area contributed by atoms with Crippen LogP contribution in [0.15, 0.2) is 48.5 Å². The molecule has 1 aliphatic rings. The van der Waals surface area contributed by atoms with Gasteiger partial charge in [0.05, 0.1) is 25.3 Å². The van der Waals surface area contributed by atoms with Crippen molar-refractivity contribution in [1.29, 1.82) is 5.26 Å². The fourth-order valence-electron chi connectivity index (χ4n) is 3.38. The van der Waals surface area contributed by atoms with Crippen LogP contribution in [0.25, 0.3) is 0 Å². The zero-order chi connectivity index (χ0) is 20.8. The highest BCUT2D eigenvalue weighted by molar-refractivity contribution is 5.85. The summed E-state index contributed by atoms with van der Waals surface area (Å²) in [5, 5.41) is 8.85. The van der Waals surface area contributed by atoms with Gasteiger partial charge < -0.3 is 14.4 Å². The Morgan fingerprint density at radius 1 is 1.21 bits per heavy atom. The molecule has 0 aromatic heterocycles. The Kier molecular flexibility index (Phi) is 6.45. The highest BCUT2D eigenvalue weighted by Gasteiger charge is 2.41. The molecule has 2 aromatic carbocycles. The maximum atomic E-state index is 13.9. The molecule has 0 N–H and O–H groups in total. The minimum Gasteiger partial charge on any atom is -0.485 e. The second kappa shape index (κ2) is 9.20. The summed E-state index contributed by atoms with van der Waals surface area (Å²) in [5.74, 6) is -1.12. The van der Waals surface area contributed by atoms with E-state index >= 15 is 0 Å². The number of hydrogen-bond acceptors (Lipinski definition) is 5. The van der Waals surface area contributed by atoms with E-state index in [1.807, 2.05) is 0 Å². The number of methoxy groups -OCH3 is 1. The highest BCUT2D eigenvalue weighted by atomic mass is 19.1. The summed E-state index contributed by atoms with van der Waals surface area (Å²) < 4.78 is 24.4. The largest absolute Gasteiger partial charge is 0.485 e. The predicted octanol–water partition coefficient (Wildman–Crippen LogP) is 2.85. The van der Waals surface area contributed by atoms with E-state index in [-0.39, 0.29) is 31.0 Å². The van der Waals surface area contributed by atoms with Crippen molar-refractivity contribution in [2.24, 2.45) is 0 Å². The van der Waals surface area contributed by atoms with Crippen molar-refractivity contribution in [2.75, 3.05) is 13.7 Å². The van der Waals surface area contributed by atoms with Gasteiger partial charge in [-0.05, 0) is 36.2 Å². The summed E-state index contributed by atoms with van der Waals surface area (Å²) in [6.45, 7) is 0.181. The smallest absolute Gasteiger partial charge is 0.328 e. The van der Waals surface area contributed by atoms with Gasteiger partial charge in [0.25, 0.3) is 0 Å². The van der Waals surface area contributed by atoms with Gasteiger partial charge in [-0.15, -0.1) is 0 Å². The molecule has 6 nitrogen and oxygen atoms in total. The number of nitriles is 1. The molecule has 0 spiro atoms. The Hall–Kier alpha value is -3.40. The first-order chi connectivity index (χ1) is 14.0. The first kappa shape index (κ1) is 20.3. The lowest BCUT2D eigenvalue weighted by molar-refractivity contribution is -0.150. The molecule has 0 radical (unpaired) electrons. The topological polar surface area (TPSA) is 79.6 Å². The van der Waals surface area contributed by atoms with Crippen molar-refractivity contribution < 1.29 is 23.5 Å². The van der Waals surface area contributed by atoms with Crippen molar-refractivity contribution in [3.8, 4) is 11.8 Å². The van der Waals surface area contributed by atoms with Crippen LogP contribution in [-0.4, -0.2) is 42.6 Å². The average Bonchev–Trinajstić information content (AvgIpc) is 3.17. The molecular weight excluding hydrogens is 375 g/mol. The normalized spacial score (nSPS) is 18.2. The Morgan fingerprint density at radius 2 is 1.93 bits per heavy atom. The SMILES string of the molecule is COC(=O)C1CC(Oc2ccccc2F)CN1C(=O)CCc1ccc(C#N)cc1. The van der Waals surface area contributed by atoms with Crippen LogP contribution in [-0.2, 0) is 20.7 Å². The molecule has 0 saturated carbocycles. The van der Waals surface area contributed by atoms with E-state index in [9.17, 15) is 14.0 Å². The van der Waals surface area contributed by atoms with Gasteiger partial charge >= 0.3 is 5.97 Å². The maximum Gasteiger partial charge on any atom is 0.328 e. The van der Waals surface area contributed by atoms with Crippen LogP contribution in [0.2, 0.25) is 0 Å². The van der Waals surface area contributed by atoms with E-state index in [0.29, 0.717) is 12.0 Å². The van der Waals surface area contributed by atoms with Gasteiger partial charge in [-0.1, -0.05) is 24.3 Å². The Morgan fingerprint density at radius 3 is 2.59 bits per heavy atom. The van der Waals surface area contributed by atoms with Gasteiger partial charge in [0.1, 0.15) is 12.1 Å². The van der Waals surface area contributed by atoms with E-state index in [2.05, 4.69) is 6.07 Å². The second-order valence-electron chi connectivity index (χ2n) is 6.80. The van der Waals surface area contributed by atoms with E-state index < -0.39 is 23.9 Å². The first-order valence-electron chi connectivity index (χ1n) is 9.29. The minimum atomic E-state index is -0.759. The summed E-state index contributed by atoms with van der Waals surface area (Å²) in [6, 6.07) is 14.3. The van der Waals surface area contributed by atoms with Gasteiger partial charge in [-0.3, -0.25) is 4.79 Å².